The lowest BCUT2D eigenvalue weighted by molar-refractivity contribution is -0.274. The van der Waals surface area contributed by atoms with Gasteiger partial charge in [0.1, 0.15) is 12.1 Å². The van der Waals surface area contributed by atoms with Gasteiger partial charge in [0.05, 0.1) is 5.69 Å². The number of ether oxygens (including phenoxy) is 1. The molecule has 1 aliphatic rings. The van der Waals surface area contributed by atoms with Crippen molar-refractivity contribution in [1.29, 1.82) is 0 Å². The van der Waals surface area contributed by atoms with Crippen LogP contribution in [0.5, 0.6) is 5.75 Å². The van der Waals surface area contributed by atoms with Gasteiger partial charge in [-0.2, -0.15) is 0 Å². The number of aromatic nitrogens is 3. The van der Waals surface area contributed by atoms with Gasteiger partial charge in [-0.25, -0.2) is 9.67 Å². The van der Waals surface area contributed by atoms with Gasteiger partial charge >= 0.3 is 6.36 Å². The van der Waals surface area contributed by atoms with E-state index < -0.39 is 6.36 Å². The van der Waals surface area contributed by atoms with Gasteiger partial charge in [0.25, 0.3) is 0 Å². The van der Waals surface area contributed by atoms with Crippen molar-refractivity contribution in [2.24, 2.45) is 5.73 Å². The van der Waals surface area contributed by atoms with Gasteiger partial charge in [-0.15, -0.1) is 29.9 Å². The predicted octanol–water partition coefficient (Wildman–Crippen LogP) is 6.18. The van der Waals surface area contributed by atoms with E-state index in [1.807, 2.05) is 53.4 Å². The fraction of sp³-hybridized carbons (Fsp3) is 0.192. The van der Waals surface area contributed by atoms with Crippen molar-refractivity contribution in [3.05, 3.63) is 90.3 Å². The van der Waals surface area contributed by atoms with E-state index in [4.69, 9.17) is 29.6 Å². The largest absolute Gasteiger partial charge is 0.573 e. The summed E-state index contributed by atoms with van der Waals surface area (Å²) in [4.78, 5) is 6.33. The summed E-state index contributed by atoms with van der Waals surface area (Å²) in [5, 5.41) is 4.79. The molecule has 11 heteroatoms. The van der Waals surface area contributed by atoms with Crippen LogP contribution in [-0.2, 0) is 5.88 Å². The summed E-state index contributed by atoms with van der Waals surface area (Å²) < 4.78 is 42.5. The minimum atomic E-state index is -4.74. The number of alkyl halides is 4. The molecule has 0 radical (unpaired) electrons. The van der Waals surface area contributed by atoms with Gasteiger partial charge in [-0.05, 0) is 66.2 Å². The van der Waals surface area contributed by atoms with E-state index >= 15 is 0 Å². The number of halogens is 4. The van der Waals surface area contributed by atoms with E-state index in [0.29, 0.717) is 22.5 Å². The highest BCUT2D eigenvalue weighted by Gasteiger charge is 2.44. The van der Waals surface area contributed by atoms with E-state index in [1.54, 1.807) is 0 Å². The van der Waals surface area contributed by atoms with Gasteiger partial charge in [0.2, 0.25) is 0 Å². The average Bonchev–Trinajstić information content (AvgIpc) is 3.48. The van der Waals surface area contributed by atoms with Crippen molar-refractivity contribution in [3.8, 4) is 22.8 Å². The maximum absolute atomic E-state index is 12.4. The lowest BCUT2D eigenvalue weighted by atomic mass is 10.1. The molecule has 3 aromatic carbocycles. The summed E-state index contributed by atoms with van der Waals surface area (Å²) in [7, 11) is 0. The maximum atomic E-state index is 12.4. The van der Waals surface area contributed by atoms with Crippen molar-refractivity contribution in [3.63, 3.8) is 0 Å². The second kappa shape index (κ2) is 10.0. The Bertz CT molecular complexity index is 1390. The van der Waals surface area contributed by atoms with E-state index in [0.717, 1.165) is 28.8 Å². The molecule has 0 spiro atoms. The highest BCUT2D eigenvalue weighted by Crippen LogP contribution is 2.46. The second-order valence-electron chi connectivity index (χ2n) is 8.59. The highest BCUT2D eigenvalue weighted by atomic mass is 35.5. The Labute approximate surface area is 221 Å². The molecule has 6 nitrogen and oxygen atoms in total. The van der Waals surface area contributed by atoms with Crippen LogP contribution in [0.15, 0.2) is 79.1 Å². The summed E-state index contributed by atoms with van der Waals surface area (Å²) in [6.45, 7) is 0. The summed E-state index contributed by atoms with van der Waals surface area (Å²) in [6, 6.07) is 21.5. The predicted molar refractivity (Wildman–Crippen MR) is 140 cm³/mol. The fourth-order valence-electron chi connectivity index (χ4n) is 4.25. The first-order valence-corrected chi connectivity index (χ1v) is 12.3. The number of nitrogens with two attached hydrogens (primary N) is 1. The Hall–Kier alpha value is -3.63. The lowest BCUT2D eigenvalue weighted by Crippen LogP contribution is -2.38. The number of anilines is 1. The van der Waals surface area contributed by atoms with E-state index in [1.165, 1.54) is 35.3 Å². The number of nitrogens with zero attached hydrogens (tertiary/aromatic N) is 4. The molecule has 0 saturated heterocycles. The first-order chi connectivity index (χ1) is 17.7. The molecule has 0 amide bonds. The molecule has 1 fully saturated rings. The zero-order valence-electron chi connectivity index (χ0n) is 19.3. The molecule has 1 aliphatic carbocycles. The van der Waals surface area contributed by atoms with Crippen LogP contribution in [-0.4, -0.2) is 32.3 Å². The smallest absolute Gasteiger partial charge is 0.406 e. The van der Waals surface area contributed by atoms with Crippen LogP contribution >= 0.6 is 23.8 Å². The van der Waals surface area contributed by atoms with Crippen LogP contribution in [0, 0.1) is 0 Å². The van der Waals surface area contributed by atoms with E-state index in [9.17, 15) is 13.2 Å². The maximum Gasteiger partial charge on any atom is 0.573 e. The molecule has 2 N–H and O–H groups in total. The number of hydrogen-bond acceptors (Lipinski definition) is 4. The standard InChI is InChI=1S/C26H21ClF3N5OS/c27-14-16-1-7-20(8-2-16)35(25(31)37)23-13-22(23)17-3-5-18(6-4-17)24-32-15-34(33-24)19-9-11-21(12-10-19)36-26(28,29)30/h1-12,15,22-23H,13-14H2,(H2,31,37). The summed E-state index contributed by atoms with van der Waals surface area (Å²) in [6.07, 6.45) is -2.30. The van der Waals surface area contributed by atoms with Crippen LogP contribution in [0.1, 0.15) is 23.5 Å². The fourth-order valence-corrected chi connectivity index (χ4v) is 4.67. The van der Waals surface area contributed by atoms with Crippen LogP contribution in [0.3, 0.4) is 0 Å². The minimum absolute atomic E-state index is 0.173. The molecular formula is C26H21ClF3N5OS. The first kappa shape index (κ1) is 25.0. The van der Waals surface area contributed by atoms with Gasteiger partial charge in [-0.3, -0.25) is 0 Å². The molecule has 2 unspecified atom stereocenters. The summed E-state index contributed by atoms with van der Waals surface area (Å²) in [5.74, 6) is 0.929. The molecule has 1 heterocycles. The Balaban J connectivity index is 1.27. The van der Waals surface area contributed by atoms with Crippen molar-refractivity contribution in [1.82, 2.24) is 14.8 Å². The molecule has 1 aromatic heterocycles. The van der Waals surface area contributed by atoms with E-state index in [-0.39, 0.29) is 17.7 Å². The van der Waals surface area contributed by atoms with Crippen molar-refractivity contribution >= 4 is 34.6 Å². The van der Waals surface area contributed by atoms with Crippen molar-refractivity contribution in [2.45, 2.75) is 30.6 Å². The Kier molecular flexibility index (Phi) is 6.78. The molecule has 37 heavy (non-hydrogen) atoms. The summed E-state index contributed by atoms with van der Waals surface area (Å²) >= 11 is 11.2. The van der Waals surface area contributed by atoms with Crippen molar-refractivity contribution < 1.29 is 17.9 Å². The second-order valence-corrected chi connectivity index (χ2v) is 9.28. The Morgan fingerprint density at radius 2 is 1.73 bits per heavy atom. The third-order valence-corrected chi connectivity index (χ3v) is 6.62. The molecule has 0 aliphatic heterocycles. The molecule has 4 aromatic rings. The first-order valence-electron chi connectivity index (χ1n) is 11.3. The van der Waals surface area contributed by atoms with Crippen LogP contribution in [0.4, 0.5) is 18.9 Å². The number of rotatable bonds is 7. The van der Waals surface area contributed by atoms with Gasteiger partial charge in [0, 0.05) is 29.1 Å². The minimum Gasteiger partial charge on any atom is -0.406 e. The highest BCUT2D eigenvalue weighted by molar-refractivity contribution is 7.80. The molecule has 2 atom stereocenters. The Morgan fingerprint density at radius 3 is 2.32 bits per heavy atom. The SMILES string of the molecule is NC(=S)N(c1ccc(CCl)cc1)C1CC1c1ccc(-c2ncn(-c3ccc(OC(F)(F)F)cc3)n2)cc1. The molecular weight excluding hydrogens is 523 g/mol. The molecule has 5 rings (SSSR count). The number of hydrogen-bond donors (Lipinski definition) is 1. The lowest BCUT2D eigenvalue weighted by Gasteiger charge is -2.23. The normalized spacial score (nSPS) is 16.9. The molecule has 1 saturated carbocycles. The molecule has 190 valence electrons. The van der Waals surface area contributed by atoms with Crippen molar-refractivity contribution in [2.75, 3.05) is 4.90 Å². The molecule has 0 bridgehead atoms. The quantitative estimate of drug-likeness (QED) is 0.222. The third kappa shape index (κ3) is 5.70. The van der Waals surface area contributed by atoms with Gasteiger partial charge < -0.3 is 15.4 Å². The zero-order valence-corrected chi connectivity index (χ0v) is 20.8. The van der Waals surface area contributed by atoms with Crippen LogP contribution in [0.25, 0.3) is 17.1 Å². The monoisotopic (exact) mass is 543 g/mol. The van der Waals surface area contributed by atoms with Crippen LogP contribution < -0.4 is 15.4 Å². The summed E-state index contributed by atoms with van der Waals surface area (Å²) in [5.41, 5.74) is 10.6. The Morgan fingerprint density at radius 1 is 1.05 bits per heavy atom. The topological polar surface area (TPSA) is 69.2 Å². The van der Waals surface area contributed by atoms with Gasteiger partial charge in [-0.1, -0.05) is 36.4 Å². The number of thiocarbonyl (C=S) groups is 1. The third-order valence-electron chi connectivity index (χ3n) is 6.12. The zero-order chi connectivity index (χ0) is 26.2. The van der Waals surface area contributed by atoms with Gasteiger partial charge in [0.15, 0.2) is 10.9 Å². The van der Waals surface area contributed by atoms with E-state index in [2.05, 4.69) is 14.8 Å². The van der Waals surface area contributed by atoms with Crippen LogP contribution in [0.2, 0.25) is 0 Å². The average molecular weight is 544 g/mol. The number of benzene rings is 3.